The molecule has 3 heterocycles. The van der Waals surface area contributed by atoms with Crippen molar-refractivity contribution in [3.8, 4) is 11.3 Å². The number of nitrogens with one attached hydrogen (secondary N) is 2. The Kier molecular flexibility index (Phi) is 6.01. The number of hydrogen-bond acceptors (Lipinski definition) is 5. The van der Waals surface area contributed by atoms with Gasteiger partial charge in [0.15, 0.2) is 5.13 Å². The quantitative estimate of drug-likeness (QED) is 0.410. The van der Waals surface area contributed by atoms with E-state index in [-0.39, 0.29) is 11.8 Å². The lowest BCUT2D eigenvalue weighted by Gasteiger charge is -2.30. The summed E-state index contributed by atoms with van der Waals surface area (Å²) < 4.78 is 27.7. The molecule has 0 saturated carbocycles. The Morgan fingerprint density at radius 3 is 2.68 bits per heavy atom. The zero-order valence-electron chi connectivity index (χ0n) is 19.0. The topological polar surface area (TPSA) is 95.2 Å². The monoisotopic (exact) mass is 494 g/mol. The molecule has 5 rings (SSSR count). The summed E-state index contributed by atoms with van der Waals surface area (Å²) in [6, 6.07) is 13.4. The molecule has 0 bridgehead atoms. The average Bonchev–Trinajstić information content (AvgIpc) is 3.45. The Morgan fingerprint density at radius 1 is 1.15 bits per heavy atom. The largest absolute Gasteiger partial charge is 0.360 e. The molecule has 1 aliphatic rings. The summed E-state index contributed by atoms with van der Waals surface area (Å²) in [5.41, 5.74) is 4.62. The van der Waals surface area contributed by atoms with Crippen LogP contribution in [0.15, 0.2) is 58.9 Å². The van der Waals surface area contributed by atoms with Crippen molar-refractivity contribution in [3.05, 3.63) is 65.2 Å². The number of hydrogen-bond donors (Lipinski definition) is 2. The van der Waals surface area contributed by atoms with Crippen molar-refractivity contribution in [1.29, 1.82) is 0 Å². The molecule has 0 spiro atoms. The zero-order chi connectivity index (χ0) is 23.9. The number of fused-ring (bicyclic) bond motifs is 1. The predicted molar refractivity (Wildman–Crippen MR) is 135 cm³/mol. The number of rotatable bonds is 5. The van der Waals surface area contributed by atoms with Gasteiger partial charge < -0.3 is 10.3 Å². The molecule has 9 heteroatoms. The Bertz CT molecular complexity index is 1460. The van der Waals surface area contributed by atoms with Gasteiger partial charge in [0.2, 0.25) is 15.9 Å². The van der Waals surface area contributed by atoms with E-state index in [1.807, 2.05) is 61.8 Å². The van der Waals surface area contributed by atoms with E-state index in [1.54, 1.807) is 6.07 Å². The highest BCUT2D eigenvalue weighted by Crippen LogP contribution is 2.32. The molecule has 4 aromatic rings. The highest BCUT2D eigenvalue weighted by atomic mass is 32.2. The number of para-hydroxylation sites is 1. The number of aromatic nitrogens is 2. The standard InChI is InChI=1S/C25H26N4O3S2/c1-16-7-8-23(17(2)13-16)34(31,32)29-11-9-18(10-12-29)24(30)28-25-27-22(15-33-25)20-14-26-21-6-4-3-5-19(20)21/h3-8,13-15,18,26H,9-12H2,1-2H3,(H,27,28,30). The number of benzene rings is 2. The van der Waals surface area contributed by atoms with Gasteiger partial charge in [-0.2, -0.15) is 4.31 Å². The second-order valence-corrected chi connectivity index (χ2v) is 11.5. The molecule has 1 fully saturated rings. The van der Waals surface area contributed by atoms with Gasteiger partial charge in [-0.1, -0.05) is 35.9 Å². The second kappa shape index (κ2) is 8.98. The van der Waals surface area contributed by atoms with Gasteiger partial charge in [0.05, 0.1) is 10.6 Å². The molecule has 2 N–H and O–H groups in total. The van der Waals surface area contributed by atoms with Gasteiger partial charge in [-0.25, -0.2) is 13.4 Å². The average molecular weight is 495 g/mol. The number of thiazole rings is 1. The molecule has 2 aromatic carbocycles. The number of aryl methyl sites for hydroxylation is 2. The van der Waals surface area contributed by atoms with Crippen LogP contribution in [0, 0.1) is 19.8 Å². The van der Waals surface area contributed by atoms with E-state index in [1.165, 1.54) is 15.6 Å². The maximum atomic E-state index is 13.1. The zero-order valence-corrected chi connectivity index (χ0v) is 20.7. The van der Waals surface area contributed by atoms with Crippen LogP contribution in [0.5, 0.6) is 0 Å². The maximum Gasteiger partial charge on any atom is 0.243 e. The van der Waals surface area contributed by atoms with Crippen molar-refractivity contribution in [2.24, 2.45) is 5.92 Å². The highest BCUT2D eigenvalue weighted by molar-refractivity contribution is 7.89. The van der Waals surface area contributed by atoms with Crippen LogP contribution in [0.2, 0.25) is 0 Å². The minimum absolute atomic E-state index is 0.108. The minimum Gasteiger partial charge on any atom is -0.360 e. The van der Waals surface area contributed by atoms with Crippen LogP contribution >= 0.6 is 11.3 Å². The van der Waals surface area contributed by atoms with Crippen LogP contribution in [-0.4, -0.2) is 41.7 Å². The predicted octanol–water partition coefficient (Wildman–Crippen LogP) is 4.95. The van der Waals surface area contributed by atoms with Crippen LogP contribution in [0.25, 0.3) is 22.2 Å². The van der Waals surface area contributed by atoms with Gasteiger partial charge in [-0.3, -0.25) is 4.79 Å². The lowest BCUT2D eigenvalue weighted by Crippen LogP contribution is -2.41. The van der Waals surface area contributed by atoms with E-state index in [0.717, 1.165) is 33.3 Å². The van der Waals surface area contributed by atoms with Gasteiger partial charge in [0, 0.05) is 47.1 Å². The summed E-state index contributed by atoms with van der Waals surface area (Å²) in [4.78, 5) is 21.1. The number of nitrogens with zero attached hydrogens (tertiary/aromatic N) is 2. The van der Waals surface area contributed by atoms with E-state index in [2.05, 4.69) is 15.3 Å². The second-order valence-electron chi connectivity index (χ2n) is 8.72. The molecule has 0 aliphatic carbocycles. The van der Waals surface area contributed by atoms with Crippen LogP contribution < -0.4 is 5.32 Å². The SMILES string of the molecule is Cc1ccc(S(=O)(=O)N2CCC(C(=O)Nc3nc(-c4c[nH]c5ccccc45)cs3)CC2)c(C)c1. The third kappa shape index (κ3) is 4.26. The molecular weight excluding hydrogens is 468 g/mol. The third-order valence-corrected chi connectivity index (χ3v) is 9.19. The van der Waals surface area contributed by atoms with Crippen molar-refractivity contribution in [3.63, 3.8) is 0 Å². The van der Waals surface area contributed by atoms with Crippen molar-refractivity contribution in [2.45, 2.75) is 31.6 Å². The molecule has 0 unspecified atom stereocenters. The van der Waals surface area contributed by atoms with Crippen LogP contribution in [-0.2, 0) is 14.8 Å². The molecule has 2 aromatic heterocycles. The Labute approximate surface area is 202 Å². The number of carbonyl (C=O) groups is 1. The molecule has 176 valence electrons. The fourth-order valence-electron chi connectivity index (χ4n) is 4.53. The minimum atomic E-state index is -3.57. The van der Waals surface area contributed by atoms with Crippen molar-refractivity contribution in [2.75, 3.05) is 18.4 Å². The third-order valence-electron chi connectivity index (χ3n) is 6.37. The van der Waals surface area contributed by atoms with Gasteiger partial charge in [0.1, 0.15) is 0 Å². The summed E-state index contributed by atoms with van der Waals surface area (Å²) in [5, 5.41) is 6.51. The summed E-state index contributed by atoms with van der Waals surface area (Å²) in [6.45, 7) is 4.41. The first kappa shape index (κ1) is 22.8. The number of carbonyl (C=O) groups excluding carboxylic acids is 1. The first-order chi connectivity index (χ1) is 16.3. The van der Waals surface area contributed by atoms with Crippen LogP contribution in [0.4, 0.5) is 5.13 Å². The van der Waals surface area contributed by atoms with Gasteiger partial charge in [-0.15, -0.1) is 11.3 Å². The Balaban J connectivity index is 1.23. The maximum absolute atomic E-state index is 13.1. The van der Waals surface area contributed by atoms with E-state index >= 15 is 0 Å². The smallest absolute Gasteiger partial charge is 0.243 e. The number of piperidine rings is 1. The molecule has 1 amide bonds. The number of sulfonamides is 1. The summed E-state index contributed by atoms with van der Waals surface area (Å²) >= 11 is 1.39. The lowest BCUT2D eigenvalue weighted by atomic mass is 9.97. The molecule has 34 heavy (non-hydrogen) atoms. The fourth-order valence-corrected chi connectivity index (χ4v) is 6.92. The molecule has 0 atom stereocenters. The molecular formula is C25H26N4O3S2. The molecule has 1 saturated heterocycles. The van der Waals surface area contributed by atoms with Crippen molar-refractivity contribution >= 4 is 43.3 Å². The molecule has 0 radical (unpaired) electrons. The lowest BCUT2D eigenvalue weighted by molar-refractivity contribution is -0.120. The normalized spacial score (nSPS) is 15.6. The first-order valence-electron chi connectivity index (χ1n) is 11.2. The number of aromatic amines is 1. The van der Waals surface area contributed by atoms with Gasteiger partial charge >= 0.3 is 0 Å². The van der Waals surface area contributed by atoms with E-state index in [9.17, 15) is 13.2 Å². The number of H-pyrrole nitrogens is 1. The highest BCUT2D eigenvalue weighted by Gasteiger charge is 2.33. The Morgan fingerprint density at radius 2 is 1.91 bits per heavy atom. The van der Waals surface area contributed by atoms with Crippen molar-refractivity contribution < 1.29 is 13.2 Å². The van der Waals surface area contributed by atoms with Crippen LogP contribution in [0.3, 0.4) is 0 Å². The molecule has 7 nitrogen and oxygen atoms in total. The summed E-state index contributed by atoms with van der Waals surface area (Å²) in [5.74, 6) is -0.352. The van der Waals surface area contributed by atoms with Gasteiger partial charge in [0.25, 0.3) is 0 Å². The van der Waals surface area contributed by atoms with Gasteiger partial charge in [-0.05, 0) is 44.4 Å². The first-order valence-corrected chi connectivity index (χ1v) is 13.5. The number of amides is 1. The van der Waals surface area contributed by atoms with E-state index in [0.29, 0.717) is 36.0 Å². The fraction of sp³-hybridized carbons (Fsp3) is 0.280. The summed E-state index contributed by atoms with van der Waals surface area (Å²) in [7, 11) is -3.57. The van der Waals surface area contributed by atoms with E-state index in [4.69, 9.17) is 0 Å². The summed E-state index contributed by atoms with van der Waals surface area (Å²) in [6.07, 6.45) is 2.89. The number of anilines is 1. The Hall–Kier alpha value is -3.01. The van der Waals surface area contributed by atoms with E-state index < -0.39 is 10.0 Å². The molecule has 1 aliphatic heterocycles. The van der Waals surface area contributed by atoms with Crippen LogP contribution in [0.1, 0.15) is 24.0 Å². The van der Waals surface area contributed by atoms with Crippen molar-refractivity contribution in [1.82, 2.24) is 14.3 Å².